The maximum absolute atomic E-state index is 16.1. The molecule has 3 aromatic rings. The van der Waals surface area contributed by atoms with E-state index in [0.29, 0.717) is 5.56 Å². The third-order valence-electron chi connectivity index (χ3n) is 7.45. The molecule has 3 aliphatic heterocycles. The number of fused-ring (bicyclic) bond motifs is 5. The highest BCUT2D eigenvalue weighted by atomic mass is 19.1. The molecule has 3 aliphatic rings. The van der Waals surface area contributed by atoms with Crippen molar-refractivity contribution in [2.45, 2.75) is 39.3 Å². The Hall–Kier alpha value is -3.87. The molecule has 182 valence electrons. The van der Waals surface area contributed by atoms with E-state index < -0.39 is 47.1 Å². The van der Waals surface area contributed by atoms with Gasteiger partial charge >= 0.3 is 6.03 Å². The summed E-state index contributed by atoms with van der Waals surface area (Å²) in [5.41, 5.74) is -1.27. The Morgan fingerprint density at radius 3 is 2.57 bits per heavy atom. The molecule has 3 N–H and O–H groups in total. The van der Waals surface area contributed by atoms with Crippen molar-refractivity contribution in [3.63, 3.8) is 0 Å². The number of benzene rings is 1. The van der Waals surface area contributed by atoms with Crippen molar-refractivity contribution >= 4 is 34.5 Å². The molecule has 6 rings (SSSR count). The SMILES string of the molecule is Cc1nnc(-c2noc3c(F)c4c(cc23)CC2(C(=O)NC(=O)NC2=O)[C@H]2[C@H](C)[C@@H](O)[C@H](C)CN42)o1. The molecule has 5 heterocycles. The Kier molecular flexibility index (Phi) is 4.37. The molecule has 4 amide bonds. The fourth-order valence-corrected chi connectivity index (χ4v) is 5.94. The summed E-state index contributed by atoms with van der Waals surface area (Å²) >= 11 is 0. The minimum atomic E-state index is -1.78. The Morgan fingerprint density at radius 2 is 1.91 bits per heavy atom. The van der Waals surface area contributed by atoms with E-state index in [4.69, 9.17) is 8.94 Å². The van der Waals surface area contributed by atoms with Gasteiger partial charge in [0.25, 0.3) is 5.89 Å². The highest BCUT2D eigenvalue weighted by molar-refractivity contribution is 6.20. The van der Waals surface area contributed by atoms with Crippen molar-refractivity contribution in [3.05, 3.63) is 23.3 Å². The van der Waals surface area contributed by atoms with Crippen molar-refractivity contribution in [2.75, 3.05) is 11.4 Å². The number of halogens is 1. The van der Waals surface area contributed by atoms with Crippen LogP contribution in [0.15, 0.2) is 15.0 Å². The number of aliphatic hydroxyl groups excluding tert-OH is 1. The van der Waals surface area contributed by atoms with Gasteiger partial charge in [-0.05, 0) is 24.0 Å². The van der Waals surface area contributed by atoms with Crippen LogP contribution in [0.2, 0.25) is 0 Å². The van der Waals surface area contributed by atoms with Crippen molar-refractivity contribution < 1.29 is 32.8 Å². The standard InChI is InChI=1S/C22H21FN6O6/c1-7-6-29-14-10(4-11-13(18-27-26-9(3)34-18)28-35-16(11)12(14)23)5-22(17(29)8(2)15(7)30)19(31)24-21(33)25-20(22)32/h4,7-8,15,17,30H,5-6H2,1-3H3,(H2,24,25,31,32,33)/t7-,8-,15+,17-/m1/s1. The number of barbiturate groups is 1. The summed E-state index contributed by atoms with van der Waals surface area (Å²) in [5, 5.41) is 27.1. The quantitative estimate of drug-likeness (QED) is 0.425. The Labute approximate surface area is 196 Å². The van der Waals surface area contributed by atoms with Gasteiger partial charge < -0.3 is 18.9 Å². The summed E-state index contributed by atoms with van der Waals surface area (Å²) in [6.07, 6.45) is -1.06. The zero-order valence-corrected chi connectivity index (χ0v) is 19.0. The number of hydrogen-bond donors (Lipinski definition) is 3. The lowest BCUT2D eigenvalue weighted by molar-refractivity contribution is -0.149. The maximum Gasteiger partial charge on any atom is 0.328 e. The fourth-order valence-electron chi connectivity index (χ4n) is 5.94. The first-order valence-electron chi connectivity index (χ1n) is 11.2. The average Bonchev–Trinajstić information content (AvgIpc) is 3.41. The first kappa shape index (κ1) is 21.6. The molecular weight excluding hydrogens is 463 g/mol. The molecule has 13 heteroatoms. The average molecular weight is 484 g/mol. The summed E-state index contributed by atoms with van der Waals surface area (Å²) in [6.45, 7) is 5.29. The minimum Gasteiger partial charge on any atom is -0.419 e. The number of aryl methyl sites for hydroxylation is 1. The first-order chi connectivity index (χ1) is 16.6. The van der Waals surface area contributed by atoms with Gasteiger partial charge in [-0.3, -0.25) is 20.2 Å². The zero-order valence-electron chi connectivity index (χ0n) is 19.0. The molecule has 1 aromatic carbocycles. The predicted octanol–water partition coefficient (Wildman–Crippen LogP) is 1.06. The van der Waals surface area contributed by atoms with Crippen LogP contribution in [-0.4, -0.2) is 57.0 Å². The van der Waals surface area contributed by atoms with Gasteiger partial charge in [-0.2, -0.15) is 0 Å². The molecule has 35 heavy (non-hydrogen) atoms. The number of carbonyl (C=O) groups is 3. The number of imide groups is 2. The van der Waals surface area contributed by atoms with E-state index in [9.17, 15) is 19.5 Å². The number of amides is 4. The van der Waals surface area contributed by atoms with Gasteiger partial charge in [0.15, 0.2) is 16.9 Å². The number of aromatic nitrogens is 3. The van der Waals surface area contributed by atoms with Gasteiger partial charge in [0.05, 0.1) is 23.2 Å². The third-order valence-corrected chi connectivity index (χ3v) is 7.45. The Bertz CT molecular complexity index is 1410. The van der Waals surface area contributed by atoms with Gasteiger partial charge in [0.1, 0.15) is 0 Å². The molecule has 2 saturated heterocycles. The summed E-state index contributed by atoms with van der Waals surface area (Å²) in [6, 6.07) is -0.244. The number of carbonyl (C=O) groups excluding carboxylic acids is 3. The van der Waals surface area contributed by atoms with Crippen molar-refractivity contribution in [1.82, 2.24) is 26.0 Å². The van der Waals surface area contributed by atoms with Crippen molar-refractivity contribution in [3.8, 4) is 11.6 Å². The van der Waals surface area contributed by atoms with E-state index in [1.165, 1.54) is 0 Å². The number of rotatable bonds is 1. The molecule has 4 atom stereocenters. The lowest BCUT2D eigenvalue weighted by Crippen LogP contribution is -2.75. The molecule has 0 radical (unpaired) electrons. The number of hydrogen-bond acceptors (Lipinski definition) is 10. The predicted molar refractivity (Wildman–Crippen MR) is 115 cm³/mol. The van der Waals surface area contributed by atoms with Crippen LogP contribution >= 0.6 is 0 Å². The van der Waals surface area contributed by atoms with Crippen LogP contribution < -0.4 is 15.5 Å². The normalized spacial score (nSPS) is 27.6. The summed E-state index contributed by atoms with van der Waals surface area (Å²) in [5.74, 6) is -2.87. The second-order valence-corrected chi connectivity index (χ2v) is 9.54. The number of urea groups is 1. The lowest BCUT2D eigenvalue weighted by Gasteiger charge is -2.57. The van der Waals surface area contributed by atoms with E-state index in [1.807, 2.05) is 6.92 Å². The van der Waals surface area contributed by atoms with E-state index >= 15 is 4.39 Å². The van der Waals surface area contributed by atoms with E-state index in [-0.39, 0.29) is 53.0 Å². The van der Waals surface area contributed by atoms with Crippen LogP contribution in [0.5, 0.6) is 0 Å². The number of nitrogens with one attached hydrogen (secondary N) is 2. The van der Waals surface area contributed by atoms with E-state index in [1.54, 1.807) is 24.8 Å². The van der Waals surface area contributed by atoms with Gasteiger partial charge in [-0.1, -0.05) is 19.0 Å². The molecule has 0 aliphatic carbocycles. The van der Waals surface area contributed by atoms with Crippen LogP contribution in [0.25, 0.3) is 22.6 Å². The zero-order chi connectivity index (χ0) is 24.8. The minimum absolute atomic E-state index is 0.0334. The largest absolute Gasteiger partial charge is 0.419 e. The van der Waals surface area contributed by atoms with Crippen LogP contribution in [0, 0.1) is 30.0 Å². The number of piperidine rings is 1. The maximum atomic E-state index is 16.1. The molecule has 1 spiro atoms. The first-order valence-corrected chi connectivity index (χ1v) is 11.2. The second-order valence-electron chi connectivity index (χ2n) is 9.54. The molecule has 0 saturated carbocycles. The number of nitrogens with zero attached hydrogens (tertiary/aromatic N) is 4. The Balaban J connectivity index is 1.61. The molecule has 0 bridgehead atoms. The Morgan fingerprint density at radius 1 is 1.20 bits per heavy atom. The van der Waals surface area contributed by atoms with E-state index in [0.717, 1.165) is 0 Å². The van der Waals surface area contributed by atoms with Gasteiger partial charge in [0, 0.05) is 19.4 Å². The number of aliphatic hydroxyl groups is 1. The van der Waals surface area contributed by atoms with Crippen LogP contribution in [0.4, 0.5) is 14.9 Å². The molecule has 0 unspecified atom stereocenters. The second kappa shape index (κ2) is 7.07. The molecule has 2 aromatic heterocycles. The number of anilines is 1. The highest BCUT2D eigenvalue weighted by Crippen LogP contribution is 2.51. The topological polar surface area (TPSA) is 164 Å². The summed E-state index contributed by atoms with van der Waals surface area (Å²) < 4.78 is 26.8. The van der Waals surface area contributed by atoms with Crippen LogP contribution in [0.3, 0.4) is 0 Å². The molecule has 12 nitrogen and oxygen atoms in total. The van der Waals surface area contributed by atoms with E-state index in [2.05, 4.69) is 26.0 Å². The highest BCUT2D eigenvalue weighted by Gasteiger charge is 2.64. The third kappa shape index (κ3) is 2.75. The van der Waals surface area contributed by atoms with Gasteiger partial charge in [-0.15, -0.1) is 10.2 Å². The van der Waals surface area contributed by atoms with Gasteiger partial charge in [0.2, 0.25) is 23.3 Å². The monoisotopic (exact) mass is 484 g/mol. The van der Waals surface area contributed by atoms with Crippen LogP contribution in [-0.2, 0) is 16.0 Å². The summed E-state index contributed by atoms with van der Waals surface area (Å²) in [7, 11) is 0. The smallest absolute Gasteiger partial charge is 0.328 e. The summed E-state index contributed by atoms with van der Waals surface area (Å²) in [4.78, 5) is 40.2. The van der Waals surface area contributed by atoms with Crippen molar-refractivity contribution in [2.24, 2.45) is 17.3 Å². The van der Waals surface area contributed by atoms with Crippen molar-refractivity contribution in [1.29, 1.82) is 0 Å². The van der Waals surface area contributed by atoms with Gasteiger partial charge in [-0.25, -0.2) is 9.18 Å². The molecular formula is C22H21FN6O6. The lowest BCUT2D eigenvalue weighted by atomic mass is 9.61. The van der Waals surface area contributed by atoms with Crippen LogP contribution in [0.1, 0.15) is 25.3 Å². The molecule has 2 fully saturated rings. The fraction of sp³-hybridized carbons (Fsp3) is 0.455.